The molecular weight excluding hydrogens is 350 g/mol. The zero-order valence-corrected chi connectivity index (χ0v) is 13.6. The van der Waals surface area contributed by atoms with Crippen molar-refractivity contribution in [3.63, 3.8) is 0 Å². The fourth-order valence-corrected chi connectivity index (χ4v) is 3.30. The van der Waals surface area contributed by atoms with Gasteiger partial charge in [-0.15, -0.1) is 0 Å². The van der Waals surface area contributed by atoms with E-state index in [0.29, 0.717) is 5.56 Å². The molecule has 0 aliphatic carbocycles. The Morgan fingerprint density at radius 3 is 2.33 bits per heavy atom. The number of sulfone groups is 1. The van der Waals surface area contributed by atoms with Crippen LogP contribution in [0.2, 0.25) is 0 Å². The Kier molecular flexibility index (Phi) is 4.61. The molecule has 0 bridgehead atoms. The van der Waals surface area contributed by atoms with Gasteiger partial charge >= 0.3 is 0 Å². The van der Waals surface area contributed by atoms with Gasteiger partial charge in [0.1, 0.15) is 11.0 Å². The van der Waals surface area contributed by atoms with Crippen LogP contribution >= 0.6 is 15.9 Å². The topological polar surface area (TPSA) is 57.9 Å². The molecule has 0 fully saturated rings. The van der Waals surface area contributed by atoms with Crippen LogP contribution in [-0.2, 0) is 9.84 Å². The molecular formula is C16H12BrNO2S. The second-order valence-corrected chi connectivity index (χ2v) is 7.23. The molecule has 3 nitrogen and oxygen atoms in total. The summed E-state index contributed by atoms with van der Waals surface area (Å²) < 4.78 is 25.7. The Balaban J connectivity index is 2.53. The number of aryl methyl sites for hydroxylation is 1. The van der Waals surface area contributed by atoms with Crippen LogP contribution < -0.4 is 0 Å². The number of hydrogen-bond donors (Lipinski definition) is 0. The highest BCUT2D eigenvalue weighted by Gasteiger charge is 2.20. The fourth-order valence-electron chi connectivity index (χ4n) is 1.75. The van der Waals surface area contributed by atoms with Crippen LogP contribution in [0.1, 0.15) is 11.1 Å². The zero-order valence-electron chi connectivity index (χ0n) is 11.2. The largest absolute Gasteiger partial charge is 0.218 e. The van der Waals surface area contributed by atoms with Gasteiger partial charge in [0.05, 0.1) is 4.90 Å². The Labute approximate surface area is 132 Å². The van der Waals surface area contributed by atoms with Gasteiger partial charge in [0.15, 0.2) is 0 Å². The summed E-state index contributed by atoms with van der Waals surface area (Å²) in [5.74, 6) is 0. The lowest BCUT2D eigenvalue weighted by molar-refractivity contribution is 0.603. The normalized spacial score (nSPS) is 12.0. The van der Waals surface area contributed by atoms with Crippen LogP contribution in [0.4, 0.5) is 0 Å². The van der Waals surface area contributed by atoms with E-state index < -0.39 is 9.84 Å². The Bertz CT molecular complexity index is 831. The average molecular weight is 362 g/mol. The fraction of sp³-hybridized carbons (Fsp3) is 0.0625. The maximum absolute atomic E-state index is 12.5. The lowest BCUT2D eigenvalue weighted by Crippen LogP contribution is -2.03. The van der Waals surface area contributed by atoms with Gasteiger partial charge in [0.2, 0.25) is 9.84 Å². The minimum absolute atomic E-state index is 0.118. The van der Waals surface area contributed by atoms with Crippen molar-refractivity contribution in [3.8, 4) is 6.07 Å². The van der Waals surface area contributed by atoms with Crippen LogP contribution in [0, 0.1) is 18.3 Å². The average Bonchev–Trinajstić information content (AvgIpc) is 2.46. The summed E-state index contributed by atoms with van der Waals surface area (Å²) in [6, 6.07) is 15.4. The van der Waals surface area contributed by atoms with E-state index in [-0.39, 0.29) is 9.80 Å². The second kappa shape index (κ2) is 6.25. The summed E-state index contributed by atoms with van der Waals surface area (Å²) in [4.78, 5) is -0.161. The van der Waals surface area contributed by atoms with E-state index in [1.165, 1.54) is 18.2 Å². The first kappa shape index (κ1) is 15.5. The summed E-state index contributed by atoms with van der Waals surface area (Å²) in [5, 5.41) is 9.22. The van der Waals surface area contributed by atoms with Crippen molar-refractivity contribution in [2.45, 2.75) is 11.8 Å². The Morgan fingerprint density at radius 2 is 1.76 bits per heavy atom. The van der Waals surface area contributed by atoms with E-state index in [2.05, 4.69) is 15.9 Å². The van der Waals surface area contributed by atoms with Crippen LogP contribution in [-0.4, -0.2) is 8.42 Å². The van der Waals surface area contributed by atoms with Gasteiger partial charge in [-0.25, -0.2) is 8.42 Å². The monoisotopic (exact) mass is 361 g/mol. The summed E-state index contributed by atoms with van der Waals surface area (Å²) >= 11 is 3.34. The van der Waals surface area contributed by atoms with Crippen LogP contribution in [0.15, 0.2) is 62.8 Å². The van der Waals surface area contributed by atoms with Crippen LogP contribution in [0.5, 0.6) is 0 Å². The molecule has 0 N–H and O–H groups in total. The van der Waals surface area contributed by atoms with Crippen molar-refractivity contribution in [1.29, 1.82) is 5.26 Å². The smallest absolute Gasteiger partial charge is 0.216 e. The predicted molar refractivity (Wildman–Crippen MR) is 86.1 cm³/mol. The number of nitriles is 1. The molecule has 2 aromatic carbocycles. The molecule has 0 spiro atoms. The number of nitrogens with zero attached hydrogens (tertiary/aromatic N) is 1. The molecule has 0 saturated carbocycles. The maximum Gasteiger partial charge on any atom is 0.216 e. The Morgan fingerprint density at radius 1 is 1.14 bits per heavy atom. The highest BCUT2D eigenvalue weighted by molar-refractivity contribution is 9.10. The summed E-state index contributed by atoms with van der Waals surface area (Å²) in [6.45, 7) is 1.87. The van der Waals surface area contributed by atoms with Crippen molar-refractivity contribution < 1.29 is 8.42 Å². The predicted octanol–water partition coefficient (Wildman–Crippen LogP) is 4.10. The van der Waals surface area contributed by atoms with Gasteiger partial charge in [-0.3, -0.25) is 0 Å². The van der Waals surface area contributed by atoms with Crippen molar-refractivity contribution in [1.82, 2.24) is 0 Å². The molecule has 2 rings (SSSR count). The lowest BCUT2D eigenvalue weighted by atomic mass is 10.2. The minimum atomic E-state index is -3.80. The van der Waals surface area contributed by atoms with Gasteiger partial charge in [-0.1, -0.05) is 51.8 Å². The standard InChI is InChI=1S/C16H12BrNO2S/c1-12-6-8-14(9-7-12)21(19,20)15(11-18)10-13-4-2-3-5-16(13)17/h2-10H,1H3/b15-10+. The molecule has 21 heavy (non-hydrogen) atoms. The van der Waals surface area contributed by atoms with E-state index in [1.54, 1.807) is 36.4 Å². The summed E-state index contributed by atoms with van der Waals surface area (Å²) in [6.07, 6.45) is 1.37. The maximum atomic E-state index is 12.5. The van der Waals surface area contributed by atoms with Crippen molar-refractivity contribution >= 4 is 31.8 Å². The molecule has 106 valence electrons. The third kappa shape index (κ3) is 3.41. The highest BCUT2D eigenvalue weighted by Crippen LogP contribution is 2.24. The molecule has 0 unspecified atom stereocenters. The molecule has 0 aliphatic rings. The zero-order chi connectivity index (χ0) is 15.5. The van der Waals surface area contributed by atoms with Gasteiger partial charge in [-0.05, 0) is 36.8 Å². The van der Waals surface area contributed by atoms with Crippen molar-refractivity contribution in [3.05, 3.63) is 69.0 Å². The second-order valence-electron chi connectivity index (χ2n) is 4.46. The molecule has 0 heterocycles. The van der Waals surface area contributed by atoms with Gasteiger partial charge in [0, 0.05) is 4.47 Å². The third-order valence-corrected chi connectivity index (χ3v) is 5.33. The molecule has 5 heteroatoms. The molecule has 0 aliphatic heterocycles. The molecule has 0 aromatic heterocycles. The lowest BCUT2D eigenvalue weighted by Gasteiger charge is -2.04. The highest BCUT2D eigenvalue weighted by atomic mass is 79.9. The van der Waals surface area contributed by atoms with Crippen LogP contribution in [0.25, 0.3) is 6.08 Å². The quantitative estimate of drug-likeness (QED) is 0.773. The molecule has 0 saturated heterocycles. The summed E-state index contributed by atoms with van der Waals surface area (Å²) in [7, 11) is -3.80. The first-order valence-corrected chi connectivity index (χ1v) is 8.41. The third-order valence-electron chi connectivity index (χ3n) is 2.92. The van der Waals surface area contributed by atoms with E-state index in [1.807, 2.05) is 13.0 Å². The number of allylic oxidation sites excluding steroid dienone is 1. The number of hydrogen-bond acceptors (Lipinski definition) is 3. The van der Waals surface area contributed by atoms with Gasteiger partial charge < -0.3 is 0 Å². The SMILES string of the molecule is Cc1ccc(S(=O)(=O)/C(C#N)=C/c2ccccc2Br)cc1. The van der Waals surface area contributed by atoms with Crippen LogP contribution in [0.3, 0.4) is 0 Å². The summed E-state index contributed by atoms with van der Waals surface area (Å²) in [5.41, 5.74) is 1.60. The number of halogens is 1. The van der Waals surface area contributed by atoms with Gasteiger partial charge in [0.25, 0.3) is 0 Å². The molecule has 0 atom stereocenters. The van der Waals surface area contributed by atoms with E-state index in [0.717, 1.165) is 10.0 Å². The van der Waals surface area contributed by atoms with Crippen molar-refractivity contribution in [2.24, 2.45) is 0 Å². The van der Waals surface area contributed by atoms with Crippen molar-refractivity contribution in [2.75, 3.05) is 0 Å². The molecule has 0 amide bonds. The molecule has 0 radical (unpaired) electrons. The first-order valence-electron chi connectivity index (χ1n) is 6.13. The van der Waals surface area contributed by atoms with E-state index in [9.17, 15) is 13.7 Å². The Hall–Kier alpha value is -1.90. The molecule has 2 aromatic rings. The minimum Gasteiger partial charge on any atom is -0.218 e. The first-order chi connectivity index (χ1) is 9.95. The van der Waals surface area contributed by atoms with E-state index in [4.69, 9.17) is 0 Å². The number of rotatable bonds is 3. The van der Waals surface area contributed by atoms with Gasteiger partial charge in [-0.2, -0.15) is 5.26 Å². The van der Waals surface area contributed by atoms with E-state index >= 15 is 0 Å². The number of benzene rings is 2.